The zero-order valence-electron chi connectivity index (χ0n) is 16.9. The van der Waals surface area contributed by atoms with Crippen LogP contribution in [0, 0.1) is 17.8 Å². The Kier molecular flexibility index (Phi) is 9.27. The third kappa shape index (κ3) is 6.58. The number of aliphatic carboxylic acids is 1. The first kappa shape index (κ1) is 22.4. The van der Waals surface area contributed by atoms with Gasteiger partial charge in [-0.3, -0.25) is 4.79 Å². The van der Waals surface area contributed by atoms with Crippen molar-refractivity contribution >= 4 is 5.97 Å². The van der Waals surface area contributed by atoms with Gasteiger partial charge in [-0.25, -0.2) is 0 Å². The number of carboxylic acids is 1. The third-order valence-electron chi connectivity index (χ3n) is 6.42. The quantitative estimate of drug-likeness (QED) is 0.352. The van der Waals surface area contributed by atoms with Gasteiger partial charge in [0.25, 0.3) is 0 Å². The van der Waals surface area contributed by atoms with Crippen LogP contribution in [0.4, 0.5) is 0 Å². The summed E-state index contributed by atoms with van der Waals surface area (Å²) in [7, 11) is 0. The highest BCUT2D eigenvalue weighted by Gasteiger charge is 2.49. The maximum absolute atomic E-state index is 10.8. The van der Waals surface area contributed by atoms with E-state index in [1.54, 1.807) is 0 Å². The van der Waals surface area contributed by atoms with Crippen LogP contribution in [0.3, 0.4) is 0 Å². The molecule has 3 N–H and O–H groups in total. The number of ether oxygens (including phenoxy) is 1. The summed E-state index contributed by atoms with van der Waals surface area (Å²) in [6.45, 7) is 4.29. The molecule has 0 aromatic carbocycles. The molecule has 2 rings (SSSR count). The number of unbranched alkanes of at least 4 members (excludes halogenated alkanes) is 2. The molecule has 156 valence electrons. The van der Waals surface area contributed by atoms with Crippen LogP contribution >= 0.6 is 0 Å². The van der Waals surface area contributed by atoms with E-state index in [-0.39, 0.29) is 24.5 Å². The Labute approximate surface area is 163 Å². The predicted molar refractivity (Wildman–Crippen MR) is 105 cm³/mol. The van der Waals surface area contributed by atoms with Gasteiger partial charge in [0, 0.05) is 18.8 Å². The van der Waals surface area contributed by atoms with Crippen molar-refractivity contribution in [2.75, 3.05) is 0 Å². The predicted octanol–water partition coefficient (Wildman–Crippen LogP) is 3.92. The molecule has 2 fully saturated rings. The summed E-state index contributed by atoms with van der Waals surface area (Å²) in [6.07, 6.45) is 11.8. The average Bonchev–Trinajstić information content (AvgIpc) is 3.14. The van der Waals surface area contributed by atoms with Crippen LogP contribution in [0.25, 0.3) is 0 Å². The Hall–Kier alpha value is -0.910. The van der Waals surface area contributed by atoms with E-state index in [0.29, 0.717) is 24.7 Å². The number of carbonyl (C=O) groups is 1. The molecule has 1 aliphatic heterocycles. The van der Waals surface area contributed by atoms with Crippen LogP contribution in [0.2, 0.25) is 0 Å². The van der Waals surface area contributed by atoms with Gasteiger partial charge < -0.3 is 20.1 Å². The van der Waals surface area contributed by atoms with Crippen molar-refractivity contribution in [3.05, 3.63) is 12.2 Å². The van der Waals surface area contributed by atoms with Gasteiger partial charge in [-0.2, -0.15) is 0 Å². The van der Waals surface area contributed by atoms with Crippen LogP contribution in [-0.4, -0.2) is 45.7 Å². The van der Waals surface area contributed by atoms with E-state index in [1.165, 1.54) is 0 Å². The van der Waals surface area contributed by atoms with Crippen molar-refractivity contribution in [2.24, 2.45) is 17.8 Å². The average molecular weight is 383 g/mol. The molecule has 0 spiro atoms. The van der Waals surface area contributed by atoms with Crippen LogP contribution in [-0.2, 0) is 9.53 Å². The summed E-state index contributed by atoms with van der Waals surface area (Å²) >= 11 is 0. The summed E-state index contributed by atoms with van der Waals surface area (Å²) < 4.78 is 6.28. The SMILES string of the molecule is CCCCC[C@H](O)/C=C/C1C2C[C@@H](C(CC)CCCC(=O)O)O[C@H]2C[C@H]1O. The van der Waals surface area contributed by atoms with E-state index in [0.717, 1.165) is 44.9 Å². The summed E-state index contributed by atoms with van der Waals surface area (Å²) in [5.74, 6) is 0.00574. The van der Waals surface area contributed by atoms with Crippen molar-refractivity contribution in [2.45, 2.75) is 102 Å². The maximum atomic E-state index is 10.8. The van der Waals surface area contributed by atoms with Gasteiger partial charge in [0.15, 0.2) is 0 Å². The number of rotatable bonds is 12. The Bertz CT molecular complexity index is 477. The molecule has 0 aromatic heterocycles. The zero-order valence-corrected chi connectivity index (χ0v) is 16.9. The molecule has 1 aliphatic carbocycles. The molecule has 1 heterocycles. The lowest BCUT2D eigenvalue weighted by molar-refractivity contribution is -0.137. The second-order valence-corrected chi connectivity index (χ2v) is 8.40. The van der Waals surface area contributed by atoms with Crippen LogP contribution in [0.5, 0.6) is 0 Å². The lowest BCUT2D eigenvalue weighted by Crippen LogP contribution is -2.24. The first-order valence-electron chi connectivity index (χ1n) is 10.9. The van der Waals surface area contributed by atoms with Crippen molar-refractivity contribution in [1.82, 2.24) is 0 Å². The van der Waals surface area contributed by atoms with Crippen molar-refractivity contribution in [1.29, 1.82) is 0 Å². The smallest absolute Gasteiger partial charge is 0.303 e. The van der Waals surface area contributed by atoms with E-state index in [2.05, 4.69) is 13.8 Å². The molecule has 1 saturated carbocycles. The van der Waals surface area contributed by atoms with Gasteiger partial charge in [-0.15, -0.1) is 0 Å². The molecule has 5 heteroatoms. The third-order valence-corrected chi connectivity index (χ3v) is 6.42. The van der Waals surface area contributed by atoms with Gasteiger partial charge >= 0.3 is 5.97 Å². The van der Waals surface area contributed by atoms with Crippen molar-refractivity contribution in [3.63, 3.8) is 0 Å². The molecule has 0 aromatic rings. The molecular formula is C22H38O5. The van der Waals surface area contributed by atoms with Gasteiger partial charge in [-0.1, -0.05) is 51.7 Å². The Morgan fingerprint density at radius 3 is 2.63 bits per heavy atom. The summed E-state index contributed by atoms with van der Waals surface area (Å²) in [5, 5.41) is 29.4. The van der Waals surface area contributed by atoms with Gasteiger partial charge in [-0.05, 0) is 37.5 Å². The monoisotopic (exact) mass is 382 g/mol. The maximum Gasteiger partial charge on any atom is 0.303 e. The van der Waals surface area contributed by atoms with Crippen LogP contribution in [0.15, 0.2) is 12.2 Å². The Morgan fingerprint density at radius 2 is 1.96 bits per heavy atom. The minimum absolute atomic E-state index is 0.0531. The number of hydrogen-bond acceptors (Lipinski definition) is 4. The number of hydrogen-bond donors (Lipinski definition) is 3. The molecule has 1 saturated heterocycles. The molecule has 3 unspecified atom stereocenters. The van der Waals surface area contributed by atoms with Gasteiger partial charge in [0.2, 0.25) is 0 Å². The molecular weight excluding hydrogens is 344 g/mol. The second-order valence-electron chi connectivity index (χ2n) is 8.40. The minimum atomic E-state index is -0.736. The van der Waals surface area contributed by atoms with Crippen molar-refractivity contribution in [3.8, 4) is 0 Å². The minimum Gasteiger partial charge on any atom is -0.481 e. The molecule has 0 amide bonds. The van der Waals surface area contributed by atoms with Crippen molar-refractivity contribution < 1.29 is 24.9 Å². The van der Waals surface area contributed by atoms with Crippen LogP contribution < -0.4 is 0 Å². The number of fused-ring (bicyclic) bond motifs is 1. The highest BCUT2D eigenvalue weighted by atomic mass is 16.5. The summed E-state index contributed by atoms with van der Waals surface area (Å²) in [6, 6.07) is 0. The zero-order chi connectivity index (χ0) is 19.8. The fourth-order valence-corrected chi connectivity index (χ4v) is 4.82. The fourth-order valence-electron chi connectivity index (χ4n) is 4.82. The molecule has 27 heavy (non-hydrogen) atoms. The standard InChI is InChI=1S/C22H38O5/c1-3-5-6-9-16(23)11-12-17-18-13-20(27-21(18)14-19(17)24)15(4-2)8-7-10-22(25)26/h11-12,15-21,23-24H,3-10,13-14H2,1-2H3,(H,25,26)/b12-11+/t15?,16-,17?,18?,19+,20-,21-/m0/s1. The molecule has 2 aliphatic rings. The largest absolute Gasteiger partial charge is 0.481 e. The first-order valence-corrected chi connectivity index (χ1v) is 10.9. The molecule has 0 bridgehead atoms. The highest BCUT2D eigenvalue weighted by molar-refractivity contribution is 5.66. The second kappa shape index (κ2) is 11.2. The number of aliphatic hydroxyl groups excluding tert-OH is 2. The molecule has 5 nitrogen and oxygen atoms in total. The lowest BCUT2D eigenvalue weighted by atomic mass is 9.84. The fraction of sp³-hybridized carbons (Fsp3) is 0.864. The highest BCUT2D eigenvalue weighted by Crippen LogP contribution is 2.46. The Balaban J connectivity index is 1.87. The van der Waals surface area contributed by atoms with Crippen LogP contribution in [0.1, 0.15) is 78.1 Å². The number of carboxylic acid groups (broad SMARTS) is 1. The number of aliphatic hydroxyl groups is 2. The topological polar surface area (TPSA) is 87.0 Å². The van der Waals surface area contributed by atoms with E-state index in [9.17, 15) is 15.0 Å². The molecule has 0 radical (unpaired) electrons. The lowest BCUT2D eigenvalue weighted by Gasteiger charge is -2.24. The van der Waals surface area contributed by atoms with E-state index in [1.807, 2.05) is 12.2 Å². The normalized spacial score (nSPS) is 32.7. The Morgan fingerprint density at radius 1 is 1.19 bits per heavy atom. The summed E-state index contributed by atoms with van der Waals surface area (Å²) in [5.41, 5.74) is 0. The summed E-state index contributed by atoms with van der Waals surface area (Å²) in [4.78, 5) is 10.8. The van der Waals surface area contributed by atoms with Gasteiger partial charge in [0.1, 0.15) is 0 Å². The van der Waals surface area contributed by atoms with Gasteiger partial charge in [0.05, 0.1) is 24.4 Å². The van der Waals surface area contributed by atoms with E-state index in [4.69, 9.17) is 9.84 Å². The first-order chi connectivity index (χ1) is 13.0. The van der Waals surface area contributed by atoms with E-state index < -0.39 is 18.2 Å². The van der Waals surface area contributed by atoms with E-state index >= 15 is 0 Å². The molecule has 7 atom stereocenters.